The van der Waals surface area contributed by atoms with Crippen LogP contribution in [0.1, 0.15) is 6.92 Å². The van der Waals surface area contributed by atoms with Crippen LogP contribution in [-0.2, 0) is 0 Å². The van der Waals surface area contributed by atoms with Crippen molar-refractivity contribution in [3.8, 4) is 0 Å². The minimum absolute atomic E-state index is 0.536. The lowest BCUT2D eigenvalue weighted by Gasteiger charge is -2.19. The van der Waals surface area contributed by atoms with Gasteiger partial charge in [-0.2, -0.15) is 0 Å². The average molecular weight is 126 g/mol. The average Bonchev–Trinajstić information content (AvgIpc) is 1.59. The third-order valence-electron chi connectivity index (χ3n) is 0.968. The fourth-order valence-corrected chi connectivity index (χ4v) is 0.736. The van der Waals surface area contributed by atoms with Gasteiger partial charge in [-0.25, -0.2) is 5.12 Å². The topological polar surface area (TPSA) is 53.6 Å². The van der Waals surface area contributed by atoms with E-state index in [-0.39, 0.29) is 0 Å². The molecule has 1 rings (SSSR count). The van der Waals surface area contributed by atoms with Gasteiger partial charge in [-0.15, -0.1) is 5.10 Å². The zero-order valence-corrected chi connectivity index (χ0v) is 5.55. The van der Waals surface area contributed by atoms with E-state index in [0.29, 0.717) is 5.84 Å². The summed E-state index contributed by atoms with van der Waals surface area (Å²) in [7, 11) is 1.80. The summed E-state index contributed by atoms with van der Waals surface area (Å²) in [6.07, 6.45) is 1.78. The van der Waals surface area contributed by atoms with Gasteiger partial charge in [0.15, 0.2) is 0 Å². The first-order chi connectivity index (χ1) is 4.18. The molecule has 9 heavy (non-hydrogen) atoms. The SMILES string of the molecule is CC1=CC(N)=NN(C)N1. The smallest absolute Gasteiger partial charge is 0.147 e. The largest absolute Gasteiger partial charge is 0.382 e. The van der Waals surface area contributed by atoms with Crippen LogP contribution in [0.2, 0.25) is 0 Å². The van der Waals surface area contributed by atoms with E-state index in [1.807, 2.05) is 6.92 Å². The monoisotopic (exact) mass is 126 g/mol. The van der Waals surface area contributed by atoms with Crippen LogP contribution in [0.3, 0.4) is 0 Å². The Balaban J connectivity index is 2.74. The minimum Gasteiger partial charge on any atom is -0.382 e. The normalized spacial score (nSPS) is 18.2. The molecule has 1 heterocycles. The molecule has 0 bridgehead atoms. The van der Waals surface area contributed by atoms with E-state index in [0.717, 1.165) is 5.70 Å². The van der Waals surface area contributed by atoms with Crippen molar-refractivity contribution in [2.75, 3.05) is 7.05 Å². The van der Waals surface area contributed by atoms with Crippen molar-refractivity contribution in [2.24, 2.45) is 10.8 Å². The molecule has 1 aliphatic heterocycles. The fraction of sp³-hybridized carbons (Fsp3) is 0.400. The number of nitrogens with two attached hydrogens (primary N) is 1. The van der Waals surface area contributed by atoms with Crippen LogP contribution >= 0.6 is 0 Å². The molecule has 0 unspecified atom stereocenters. The van der Waals surface area contributed by atoms with Crippen LogP contribution in [0.25, 0.3) is 0 Å². The fourth-order valence-electron chi connectivity index (χ4n) is 0.736. The van der Waals surface area contributed by atoms with Crippen LogP contribution < -0.4 is 11.2 Å². The van der Waals surface area contributed by atoms with E-state index in [4.69, 9.17) is 5.73 Å². The number of amidine groups is 1. The Morgan fingerprint density at radius 3 is 2.89 bits per heavy atom. The number of nitrogens with one attached hydrogen (secondary N) is 1. The molecular formula is C5H10N4. The second-order valence-electron chi connectivity index (χ2n) is 1.99. The summed E-state index contributed by atoms with van der Waals surface area (Å²) >= 11 is 0. The molecule has 0 aliphatic carbocycles. The van der Waals surface area contributed by atoms with Crippen LogP contribution in [0.4, 0.5) is 0 Å². The van der Waals surface area contributed by atoms with E-state index in [9.17, 15) is 0 Å². The number of hydrogen-bond donors (Lipinski definition) is 2. The Labute approximate surface area is 54.0 Å². The van der Waals surface area contributed by atoms with Gasteiger partial charge >= 0.3 is 0 Å². The van der Waals surface area contributed by atoms with Crippen molar-refractivity contribution in [3.63, 3.8) is 0 Å². The number of hydrogen-bond acceptors (Lipinski definition) is 4. The lowest BCUT2D eigenvalue weighted by atomic mass is 10.4. The zero-order valence-electron chi connectivity index (χ0n) is 5.55. The Morgan fingerprint density at radius 1 is 1.78 bits per heavy atom. The number of nitrogens with zero attached hydrogens (tertiary/aromatic N) is 2. The van der Waals surface area contributed by atoms with Gasteiger partial charge in [-0.1, -0.05) is 0 Å². The molecule has 0 spiro atoms. The maximum atomic E-state index is 5.41. The molecule has 0 saturated carbocycles. The third-order valence-corrected chi connectivity index (χ3v) is 0.968. The maximum absolute atomic E-state index is 5.41. The predicted molar refractivity (Wildman–Crippen MR) is 36.3 cm³/mol. The van der Waals surface area contributed by atoms with Gasteiger partial charge in [0.05, 0.1) is 0 Å². The summed E-state index contributed by atoms with van der Waals surface area (Å²) in [5.74, 6) is 0.536. The number of hydrazone groups is 1. The number of hydrazine groups is 1. The van der Waals surface area contributed by atoms with Gasteiger partial charge in [0, 0.05) is 18.8 Å². The van der Waals surface area contributed by atoms with E-state index in [2.05, 4.69) is 10.5 Å². The summed E-state index contributed by atoms with van der Waals surface area (Å²) in [6.45, 7) is 1.93. The Morgan fingerprint density at radius 2 is 2.44 bits per heavy atom. The van der Waals surface area contributed by atoms with Crippen molar-refractivity contribution >= 4 is 5.84 Å². The quantitative estimate of drug-likeness (QED) is 0.465. The highest BCUT2D eigenvalue weighted by atomic mass is 15.7. The summed E-state index contributed by atoms with van der Waals surface area (Å²) in [5, 5.41) is 5.45. The van der Waals surface area contributed by atoms with Crippen LogP contribution in [0.5, 0.6) is 0 Å². The van der Waals surface area contributed by atoms with Gasteiger partial charge in [-0.05, 0) is 6.92 Å². The van der Waals surface area contributed by atoms with Crippen LogP contribution in [0.15, 0.2) is 16.9 Å². The predicted octanol–water partition coefficient (Wildman–Crippen LogP) is -0.388. The molecule has 0 atom stereocenters. The van der Waals surface area contributed by atoms with Crippen LogP contribution in [0, 0.1) is 0 Å². The molecule has 4 nitrogen and oxygen atoms in total. The van der Waals surface area contributed by atoms with Crippen molar-refractivity contribution in [2.45, 2.75) is 6.92 Å². The molecule has 4 heteroatoms. The van der Waals surface area contributed by atoms with E-state index in [1.54, 1.807) is 18.2 Å². The lowest BCUT2D eigenvalue weighted by Crippen LogP contribution is -2.34. The molecule has 50 valence electrons. The molecule has 0 radical (unpaired) electrons. The summed E-state index contributed by atoms with van der Waals surface area (Å²) in [4.78, 5) is 0. The second-order valence-corrected chi connectivity index (χ2v) is 1.99. The molecule has 3 N–H and O–H groups in total. The van der Waals surface area contributed by atoms with E-state index in [1.165, 1.54) is 0 Å². The van der Waals surface area contributed by atoms with E-state index < -0.39 is 0 Å². The van der Waals surface area contributed by atoms with Crippen LogP contribution in [-0.4, -0.2) is 18.0 Å². The second kappa shape index (κ2) is 1.97. The summed E-state index contributed by atoms with van der Waals surface area (Å²) < 4.78 is 0. The highest BCUT2D eigenvalue weighted by Gasteiger charge is 2.00. The Bertz CT molecular complexity index is 170. The van der Waals surface area contributed by atoms with Crippen molar-refractivity contribution in [1.29, 1.82) is 0 Å². The Kier molecular flexibility index (Phi) is 1.30. The standard InChI is InChI=1S/C5H10N4/c1-4-3-5(6)8-9(2)7-4/h3,7H,1-2H3,(H2,6,8). The molecule has 0 aromatic rings. The van der Waals surface area contributed by atoms with Gasteiger partial charge in [0.1, 0.15) is 5.84 Å². The van der Waals surface area contributed by atoms with E-state index >= 15 is 0 Å². The molecule has 0 aromatic heterocycles. The van der Waals surface area contributed by atoms with Crippen molar-refractivity contribution in [3.05, 3.63) is 11.8 Å². The molecule has 0 aromatic carbocycles. The first kappa shape index (κ1) is 5.94. The minimum atomic E-state index is 0.536. The van der Waals surface area contributed by atoms with Gasteiger partial charge < -0.3 is 5.73 Å². The highest BCUT2D eigenvalue weighted by Crippen LogP contribution is 1.94. The van der Waals surface area contributed by atoms with Gasteiger partial charge in [0.2, 0.25) is 0 Å². The first-order valence-electron chi connectivity index (χ1n) is 2.71. The molecule has 0 fully saturated rings. The molecule has 0 saturated heterocycles. The summed E-state index contributed by atoms with van der Waals surface area (Å²) in [5.41, 5.74) is 9.35. The number of allylic oxidation sites excluding steroid dienone is 1. The first-order valence-corrected chi connectivity index (χ1v) is 2.71. The van der Waals surface area contributed by atoms with Crippen molar-refractivity contribution < 1.29 is 0 Å². The molecule has 0 amide bonds. The Hall–Kier alpha value is -1.19. The third kappa shape index (κ3) is 1.35. The summed E-state index contributed by atoms with van der Waals surface area (Å²) in [6, 6.07) is 0. The van der Waals surface area contributed by atoms with Crippen molar-refractivity contribution in [1.82, 2.24) is 10.5 Å². The highest BCUT2D eigenvalue weighted by molar-refractivity contribution is 5.92. The maximum Gasteiger partial charge on any atom is 0.147 e. The van der Waals surface area contributed by atoms with Gasteiger partial charge in [-0.3, -0.25) is 5.43 Å². The molecular weight excluding hydrogens is 116 g/mol. The van der Waals surface area contributed by atoms with Gasteiger partial charge in [0.25, 0.3) is 0 Å². The zero-order chi connectivity index (χ0) is 6.85. The number of rotatable bonds is 0. The lowest BCUT2D eigenvalue weighted by molar-refractivity contribution is 0.275. The molecule has 1 aliphatic rings.